The quantitative estimate of drug-likeness (QED) is 0.641. The van der Waals surface area contributed by atoms with Crippen molar-refractivity contribution in [2.45, 2.75) is 52.1 Å². The van der Waals surface area contributed by atoms with Gasteiger partial charge >= 0.3 is 0 Å². The number of aliphatic imine (C=N–C) groups is 1. The summed E-state index contributed by atoms with van der Waals surface area (Å²) in [6.45, 7) is 14.5. The van der Waals surface area contributed by atoms with Crippen molar-refractivity contribution >= 4 is 17.3 Å². The van der Waals surface area contributed by atoms with E-state index in [9.17, 15) is 0 Å². The molecule has 2 unspecified atom stereocenters. The Hall–Kier alpha value is -1.07. The molecule has 1 aromatic rings. The maximum absolute atomic E-state index is 4.42. The van der Waals surface area contributed by atoms with Gasteiger partial charge in [0.25, 0.3) is 0 Å². The predicted molar refractivity (Wildman–Crippen MR) is 102 cm³/mol. The summed E-state index contributed by atoms with van der Waals surface area (Å²) in [7, 11) is 1.85. The van der Waals surface area contributed by atoms with Crippen molar-refractivity contribution in [2.24, 2.45) is 10.9 Å². The Morgan fingerprint density at radius 2 is 2.17 bits per heavy atom. The van der Waals surface area contributed by atoms with E-state index in [4.69, 9.17) is 0 Å². The van der Waals surface area contributed by atoms with Crippen molar-refractivity contribution in [1.82, 2.24) is 15.5 Å². The fraction of sp³-hybridized carbons (Fsp3) is 0.722. The molecule has 2 atom stereocenters. The zero-order valence-electron chi connectivity index (χ0n) is 15.4. The molecule has 0 spiro atoms. The van der Waals surface area contributed by atoms with Gasteiger partial charge in [-0.1, -0.05) is 26.8 Å². The first kappa shape index (κ1) is 18.3. The first-order valence-corrected chi connectivity index (χ1v) is 9.46. The van der Waals surface area contributed by atoms with Crippen LogP contribution in [0.1, 0.15) is 39.5 Å². The van der Waals surface area contributed by atoms with E-state index in [2.05, 4.69) is 72.7 Å². The molecule has 0 aliphatic carbocycles. The molecule has 0 bridgehead atoms. The second-order valence-electron chi connectivity index (χ2n) is 7.56. The van der Waals surface area contributed by atoms with Crippen LogP contribution in [-0.4, -0.2) is 49.6 Å². The highest BCUT2D eigenvalue weighted by Crippen LogP contribution is 2.26. The van der Waals surface area contributed by atoms with Crippen LogP contribution in [0.2, 0.25) is 0 Å². The van der Waals surface area contributed by atoms with Crippen LogP contribution in [0.4, 0.5) is 0 Å². The maximum Gasteiger partial charge on any atom is 0.191 e. The Labute approximate surface area is 145 Å². The summed E-state index contributed by atoms with van der Waals surface area (Å²) in [4.78, 5) is 8.36. The molecule has 0 amide bonds. The van der Waals surface area contributed by atoms with Gasteiger partial charge in [-0.25, -0.2) is 0 Å². The standard InChI is InChI=1S/C18H32N4S/c1-13(2)22-10-14(3)15(11-22)21-17(19-6)20-12-18(4,5)16-8-7-9-23-16/h7-9,13-15H,10-12H2,1-6H3,(H2,19,20,21). The van der Waals surface area contributed by atoms with Gasteiger partial charge in [-0.3, -0.25) is 9.89 Å². The summed E-state index contributed by atoms with van der Waals surface area (Å²) < 4.78 is 0. The van der Waals surface area contributed by atoms with Gasteiger partial charge in [-0.15, -0.1) is 11.3 Å². The topological polar surface area (TPSA) is 39.7 Å². The molecule has 1 aliphatic heterocycles. The highest BCUT2D eigenvalue weighted by atomic mass is 32.1. The van der Waals surface area contributed by atoms with E-state index in [1.807, 2.05) is 18.4 Å². The minimum absolute atomic E-state index is 0.108. The zero-order valence-corrected chi connectivity index (χ0v) is 16.2. The Bertz CT molecular complexity index is 507. The Morgan fingerprint density at radius 3 is 2.70 bits per heavy atom. The summed E-state index contributed by atoms with van der Waals surface area (Å²) in [6, 6.07) is 5.41. The van der Waals surface area contributed by atoms with Gasteiger partial charge in [-0.2, -0.15) is 0 Å². The Kier molecular flexibility index (Phi) is 6.09. The summed E-state index contributed by atoms with van der Waals surface area (Å²) in [5, 5.41) is 9.28. The number of guanidine groups is 1. The Morgan fingerprint density at radius 1 is 1.43 bits per heavy atom. The van der Waals surface area contributed by atoms with Crippen LogP contribution >= 0.6 is 11.3 Å². The molecule has 1 fully saturated rings. The van der Waals surface area contributed by atoms with E-state index in [0.717, 1.165) is 25.6 Å². The fourth-order valence-electron chi connectivity index (χ4n) is 3.04. The highest BCUT2D eigenvalue weighted by Gasteiger charge is 2.31. The van der Waals surface area contributed by atoms with E-state index in [1.54, 1.807) is 0 Å². The lowest BCUT2D eigenvalue weighted by Gasteiger charge is -2.27. The lowest BCUT2D eigenvalue weighted by Crippen LogP contribution is -2.49. The van der Waals surface area contributed by atoms with Crippen molar-refractivity contribution < 1.29 is 0 Å². The Balaban J connectivity index is 1.89. The number of hydrogen-bond acceptors (Lipinski definition) is 3. The van der Waals surface area contributed by atoms with Gasteiger partial charge in [0, 0.05) is 49.1 Å². The molecule has 0 radical (unpaired) electrons. The lowest BCUT2D eigenvalue weighted by atomic mass is 9.91. The van der Waals surface area contributed by atoms with E-state index in [0.29, 0.717) is 18.0 Å². The van der Waals surface area contributed by atoms with E-state index in [1.165, 1.54) is 4.88 Å². The smallest absolute Gasteiger partial charge is 0.191 e. The largest absolute Gasteiger partial charge is 0.356 e. The molecule has 2 heterocycles. The van der Waals surface area contributed by atoms with E-state index < -0.39 is 0 Å². The molecule has 0 saturated carbocycles. The summed E-state index contributed by atoms with van der Waals surface area (Å²) >= 11 is 1.82. The van der Waals surface area contributed by atoms with Crippen LogP contribution in [0.5, 0.6) is 0 Å². The molecule has 0 aromatic carbocycles. The predicted octanol–water partition coefficient (Wildman–Crippen LogP) is 2.92. The minimum Gasteiger partial charge on any atom is -0.356 e. The second-order valence-corrected chi connectivity index (χ2v) is 8.51. The number of thiophene rings is 1. The van der Waals surface area contributed by atoms with Gasteiger partial charge in [-0.05, 0) is 31.2 Å². The van der Waals surface area contributed by atoms with E-state index in [-0.39, 0.29) is 5.41 Å². The van der Waals surface area contributed by atoms with Crippen LogP contribution in [-0.2, 0) is 5.41 Å². The SMILES string of the molecule is CN=C(NCC(C)(C)c1cccs1)NC1CN(C(C)C)CC1C. The molecule has 2 rings (SSSR count). The second kappa shape index (κ2) is 7.67. The summed E-state index contributed by atoms with van der Waals surface area (Å²) in [6.07, 6.45) is 0. The van der Waals surface area contributed by atoms with Crippen LogP contribution in [0.3, 0.4) is 0 Å². The maximum atomic E-state index is 4.42. The van der Waals surface area contributed by atoms with Gasteiger partial charge in [0.15, 0.2) is 5.96 Å². The molecule has 5 heteroatoms. The molecule has 4 nitrogen and oxygen atoms in total. The third kappa shape index (κ3) is 4.70. The molecule has 2 N–H and O–H groups in total. The van der Waals surface area contributed by atoms with Crippen LogP contribution in [0, 0.1) is 5.92 Å². The number of rotatable bonds is 5. The molecule has 23 heavy (non-hydrogen) atoms. The van der Waals surface area contributed by atoms with Crippen molar-refractivity contribution in [3.05, 3.63) is 22.4 Å². The van der Waals surface area contributed by atoms with Crippen LogP contribution in [0.25, 0.3) is 0 Å². The lowest BCUT2D eigenvalue weighted by molar-refractivity contribution is 0.265. The van der Waals surface area contributed by atoms with Crippen molar-refractivity contribution in [1.29, 1.82) is 0 Å². The number of hydrogen-bond donors (Lipinski definition) is 2. The number of likely N-dealkylation sites (tertiary alicyclic amines) is 1. The molecule has 1 aromatic heterocycles. The number of nitrogens with one attached hydrogen (secondary N) is 2. The van der Waals surface area contributed by atoms with Crippen LogP contribution in [0.15, 0.2) is 22.5 Å². The summed E-state index contributed by atoms with van der Waals surface area (Å²) in [5.41, 5.74) is 0.108. The first-order valence-electron chi connectivity index (χ1n) is 8.58. The fourth-order valence-corrected chi connectivity index (χ4v) is 3.89. The van der Waals surface area contributed by atoms with Crippen molar-refractivity contribution in [2.75, 3.05) is 26.7 Å². The molecule has 130 valence electrons. The van der Waals surface area contributed by atoms with Gasteiger partial charge < -0.3 is 10.6 Å². The molecular weight excluding hydrogens is 304 g/mol. The third-order valence-electron chi connectivity index (χ3n) is 4.80. The average molecular weight is 337 g/mol. The highest BCUT2D eigenvalue weighted by molar-refractivity contribution is 7.10. The average Bonchev–Trinajstić information content (AvgIpc) is 3.14. The van der Waals surface area contributed by atoms with Crippen molar-refractivity contribution in [3.8, 4) is 0 Å². The zero-order chi connectivity index (χ0) is 17.0. The molecule has 1 saturated heterocycles. The van der Waals surface area contributed by atoms with Gasteiger partial charge in [0.1, 0.15) is 0 Å². The summed E-state index contributed by atoms with van der Waals surface area (Å²) in [5.74, 6) is 1.55. The van der Waals surface area contributed by atoms with Crippen molar-refractivity contribution in [3.63, 3.8) is 0 Å². The molecular formula is C18H32N4S. The van der Waals surface area contributed by atoms with Gasteiger partial charge in [0.2, 0.25) is 0 Å². The third-order valence-corrected chi connectivity index (χ3v) is 6.04. The van der Waals surface area contributed by atoms with Crippen LogP contribution < -0.4 is 10.6 Å². The normalized spacial score (nSPS) is 23.5. The first-order chi connectivity index (χ1) is 10.8. The van der Waals surface area contributed by atoms with Gasteiger partial charge in [0.05, 0.1) is 0 Å². The molecule has 1 aliphatic rings. The number of nitrogens with zero attached hydrogens (tertiary/aromatic N) is 2. The minimum atomic E-state index is 0.108. The monoisotopic (exact) mass is 336 g/mol. The van der Waals surface area contributed by atoms with E-state index >= 15 is 0 Å².